The van der Waals surface area contributed by atoms with Crippen molar-refractivity contribution in [2.75, 3.05) is 26.4 Å². The van der Waals surface area contributed by atoms with Gasteiger partial charge in [0.1, 0.15) is 5.69 Å². The standard InChI is InChI=1S/C26H35N3O5/c1-5-29-23-21(11-7-13-33-14-8-12-27-24(23)31)22(28-29)16-26(3,4)17-34-25(32)20-10-6-9-19(15-20)18(2)30/h6,9-10,15H,5,7-8,11-14,16-17H2,1-4H3,(H,27,31). The summed E-state index contributed by atoms with van der Waals surface area (Å²) in [6, 6.07) is 6.55. The number of benzene rings is 1. The van der Waals surface area contributed by atoms with E-state index in [9.17, 15) is 14.4 Å². The van der Waals surface area contributed by atoms with Crippen LogP contribution in [-0.2, 0) is 28.9 Å². The quantitative estimate of drug-likeness (QED) is 0.491. The first-order valence-electron chi connectivity index (χ1n) is 11.9. The summed E-state index contributed by atoms with van der Waals surface area (Å²) in [4.78, 5) is 37.2. The predicted octanol–water partition coefficient (Wildman–Crippen LogP) is 3.61. The van der Waals surface area contributed by atoms with Gasteiger partial charge in [-0.2, -0.15) is 5.10 Å². The van der Waals surface area contributed by atoms with Crippen molar-refractivity contribution in [3.05, 3.63) is 52.3 Å². The normalized spacial score (nSPS) is 15.1. The Labute approximate surface area is 201 Å². The summed E-state index contributed by atoms with van der Waals surface area (Å²) in [6.45, 7) is 10.1. The van der Waals surface area contributed by atoms with Crippen LogP contribution in [0.4, 0.5) is 0 Å². The maximum absolute atomic E-state index is 12.9. The van der Waals surface area contributed by atoms with Crippen molar-refractivity contribution in [3.63, 3.8) is 0 Å². The third-order valence-electron chi connectivity index (χ3n) is 5.86. The van der Waals surface area contributed by atoms with E-state index in [4.69, 9.17) is 14.6 Å². The fourth-order valence-corrected chi connectivity index (χ4v) is 4.06. The Bertz CT molecular complexity index is 1040. The second-order valence-corrected chi connectivity index (χ2v) is 9.47. The zero-order valence-corrected chi connectivity index (χ0v) is 20.6. The highest BCUT2D eigenvalue weighted by atomic mass is 16.5. The number of aryl methyl sites for hydroxylation is 1. The molecule has 0 radical (unpaired) electrons. The van der Waals surface area contributed by atoms with Crippen molar-refractivity contribution in [3.8, 4) is 0 Å². The van der Waals surface area contributed by atoms with Gasteiger partial charge in [-0.25, -0.2) is 4.79 Å². The number of nitrogens with zero attached hydrogens (tertiary/aromatic N) is 2. The predicted molar refractivity (Wildman–Crippen MR) is 128 cm³/mol. The molecule has 2 aromatic rings. The monoisotopic (exact) mass is 469 g/mol. The van der Waals surface area contributed by atoms with Gasteiger partial charge in [0.2, 0.25) is 0 Å². The molecule has 34 heavy (non-hydrogen) atoms. The maximum Gasteiger partial charge on any atom is 0.338 e. The molecule has 0 saturated heterocycles. The van der Waals surface area contributed by atoms with E-state index in [-0.39, 0.29) is 18.3 Å². The highest BCUT2D eigenvalue weighted by Gasteiger charge is 2.29. The molecule has 1 aliphatic heterocycles. The molecule has 0 fully saturated rings. The van der Waals surface area contributed by atoms with Crippen LogP contribution in [-0.4, -0.2) is 53.8 Å². The summed E-state index contributed by atoms with van der Waals surface area (Å²) < 4.78 is 13.0. The fraction of sp³-hybridized carbons (Fsp3) is 0.538. The van der Waals surface area contributed by atoms with E-state index in [1.165, 1.54) is 6.92 Å². The summed E-state index contributed by atoms with van der Waals surface area (Å²) >= 11 is 0. The van der Waals surface area contributed by atoms with Crippen LogP contribution >= 0.6 is 0 Å². The molecule has 0 saturated carbocycles. The average Bonchev–Trinajstić information content (AvgIpc) is 3.13. The van der Waals surface area contributed by atoms with Crippen LogP contribution in [0, 0.1) is 5.41 Å². The average molecular weight is 470 g/mol. The van der Waals surface area contributed by atoms with Gasteiger partial charge in [0.25, 0.3) is 5.91 Å². The van der Waals surface area contributed by atoms with E-state index in [0.29, 0.717) is 56.0 Å². The Morgan fingerprint density at radius 3 is 2.68 bits per heavy atom. The molecule has 2 heterocycles. The van der Waals surface area contributed by atoms with Crippen molar-refractivity contribution in [2.45, 2.75) is 59.9 Å². The molecule has 0 aliphatic carbocycles. The van der Waals surface area contributed by atoms with E-state index in [1.54, 1.807) is 28.9 Å². The fourth-order valence-electron chi connectivity index (χ4n) is 4.06. The van der Waals surface area contributed by atoms with Gasteiger partial charge in [-0.1, -0.05) is 26.0 Å². The minimum absolute atomic E-state index is 0.102. The lowest BCUT2D eigenvalue weighted by Crippen LogP contribution is -2.28. The molecule has 0 spiro atoms. The van der Waals surface area contributed by atoms with E-state index < -0.39 is 11.4 Å². The van der Waals surface area contributed by atoms with Crippen molar-refractivity contribution in [1.82, 2.24) is 15.1 Å². The Morgan fingerprint density at radius 1 is 1.21 bits per heavy atom. The van der Waals surface area contributed by atoms with Crippen molar-refractivity contribution >= 4 is 17.7 Å². The number of aromatic nitrogens is 2. The highest BCUT2D eigenvalue weighted by molar-refractivity contribution is 5.97. The molecule has 8 nitrogen and oxygen atoms in total. The lowest BCUT2D eigenvalue weighted by Gasteiger charge is -2.24. The largest absolute Gasteiger partial charge is 0.462 e. The third kappa shape index (κ3) is 6.53. The smallest absolute Gasteiger partial charge is 0.338 e. The van der Waals surface area contributed by atoms with Gasteiger partial charge in [-0.15, -0.1) is 0 Å². The molecule has 1 amide bonds. The Balaban J connectivity index is 1.76. The van der Waals surface area contributed by atoms with Crippen LogP contribution in [0.25, 0.3) is 0 Å². The topological polar surface area (TPSA) is 99.5 Å². The second kappa shape index (κ2) is 11.4. The van der Waals surface area contributed by atoms with Gasteiger partial charge in [0.15, 0.2) is 5.78 Å². The number of nitrogens with one attached hydrogen (secondary N) is 1. The van der Waals surface area contributed by atoms with Crippen molar-refractivity contribution < 1.29 is 23.9 Å². The van der Waals surface area contributed by atoms with Crippen LogP contribution in [0.2, 0.25) is 0 Å². The van der Waals surface area contributed by atoms with E-state index >= 15 is 0 Å². The van der Waals surface area contributed by atoms with E-state index in [2.05, 4.69) is 5.32 Å². The first-order chi connectivity index (χ1) is 16.2. The number of amides is 1. The number of fused-ring (bicyclic) bond motifs is 1. The van der Waals surface area contributed by atoms with Crippen molar-refractivity contribution in [1.29, 1.82) is 0 Å². The number of ether oxygens (including phenoxy) is 2. The van der Waals surface area contributed by atoms with Crippen LogP contribution in [0.5, 0.6) is 0 Å². The molecule has 1 N–H and O–H groups in total. The highest BCUT2D eigenvalue weighted by Crippen LogP contribution is 2.27. The number of ketones is 1. The van der Waals surface area contributed by atoms with Gasteiger partial charge >= 0.3 is 5.97 Å². The molecule has 1 aromatic heterocycles. The Hall–Kier alpha value is -3.00. The second-order valence-electron chi connectivity index (χ2n) is 9.47. The lowest BCUT2D eigenvalue weighted by atomic mass is 9.86. The minimum Gasteiger partial charge on any atom is -0.462 e. The zero-order chi connectivity index (χ0) is 24.7. The molecule has 0 unspecified atom stereocenters. The first-order valence-corrected chi connectivity index (χ1v) is 11.9. The van der Waals surface area contributed by atoms with Crippen molar-refractivity contribution in [2.24, 2.45) is 5.41 Å². The summed E-state index contributed by atoms with van der Waals surface area (Å²) in [5, 5.41) is 7.75. The van der Waals surface area contributed by atoms with Gasteiger partial charge < -0.3 is 14.8 Å². The lowest BCUT2D eigenvalue weighted by molar-refractivity contribution is 0.0339. The number of esters is 1. The summed E-state index contributed by atoms with van der Waals surface area (Å²) in [7, 11) is 0. The maximum atomic E-state index is 12.9. The van der Waals surface area contributed by atoms with E-state index in [1.807, 2.05) is 20.8 Å². The van der Waals surface area contributed by atoms with Crippen LogP contribution < -0.4 is 5.32 Å². The molecule has 0 bridgehead atoms. The number of rotatable bonds is 7. The molecular formula is C26H35N3O5. The number of carbonyl (C=O) groups excluding carboxylic acids is 3. The van der Waals surface area contributed by atoms with E-state index in [0.717, 1.165) is 24.1 Å². The number of hydrogen-bond acceptors (Lipinski definition) is 6. The third-order valence-corrected chi connectivity index (χ3v) is 5.86. The molecular weight excluding hydrogens is 434 g/mol. The van der Waals surface area contributed by atoms with Crippen LogP contribution in [0.3, 0.4) is 0 Å². The molecule has 1 aromatic carbocycles. The number of hydrogen-bond donors (Lipinski definition) is 1. The Morgan fingerprint density at radius 2 is 1.94 bits per heavy atom. The number of Topliss-reactive ketones (excluding diaryl/α,β-unsaturated/α-hetero) is 1. The van der Waals surface area contributed by atoms with Crippen LogP contribution in [0.15, 0.2) is 24.3 Å². The summed E-state index contributed by atoms with van der Waals surface area (Å²) in [5.41, 5.74) is 2.83. The minimum atomic E-state index is -0.467. The molecule has 1 aliphatic rings. The molecule has 3 rings (SSSR count). The van der Waals surface area contributed by atoms with Gasteiger partial charge in [0, 0.05) is 49.3 Å². The zero-order valence-electron chi connectivity index (χ0n) is 20.6. The summed E-state index contributed by atoms with van der Waals surface area (Å²) in [6.07, 6.45) is 2.84. The Kier molecular flexibility index (Phi) is 8.61. The molecule has 184 valence electrons. The molecule has 0 atom stereocenters. The van der Waals surface area contributed by atoms with Gasteiger partial charge in [0.05, 0.1) is 17.9 Å². The SMILES string of the molecule is CCn1nc(CC(C)(C)COC(=O)c2cccc(C(C)=O)c2)c2c1C(=O)NCCCOCCC2. The van der Waals surface area contributed by atoms with Gasteiger partial charge in [-0.3, -0.25) is 14.3 Å². The molecule has 8 heteroatoms. The van der Waals surface area contributed by atoms with Crippen LogP contribution in [0.1, 0.15) is 83.0 Å². The number of carbonyl (C=O) groups is 3. The van der Waals surface area contributed by atoms with Gasteiger partial charge in [-0.05, 0) is 45.2 Å². The summed E-state index contributed by atoms with van der Waals surface area (Å²) in [5.74, 6) is -0.673. The first kappa shape index (κ1) is 25.6.